The van der Waals surface area contributed by atoms with Gasteiger partial charge in [0.15, 0.2) is 11.6 Å². The van der Waals surface area contributed by atoms with Crippen LogP contribution in [0.2, 0.25) is 0 Å². The van der Waals surface area contributed by atoms with Crippen LogP contribution in [0, 0.1) is 0 Å². The number of nitrogens with zero attached hydrogens (tertiary/aromatic N) is 2. The largest absolute Gasteiger partial charge is 0.496 e. The van der Waals surface area contributed by atoms with Crippen molar-refractivity contribution in [3.63, 3.8) is 0 Å². The molecule has 0 amide bonds. The van der Waals surface area contributed by atoms with E-state index in [0.29, 0.717) is 11.7 Å². The molecule has 1 atom stereocenters. The minimum Gasteiger partial charge on any atom is -0.496 e. The first-order valence-electron chi connectivity index (χ1n) is 7.76. The Labute approximate surface area is 136 Å². The first kappa shape index (κ1) is 16.9. The number of anilines is 2. The average molecular weight is 316 g/mol. The van der Waals surface area contributed by atoms with Gasteiger partial charge in [-0.25, -0.2) is 4.98 Å². The van der Waals surface area contributed by atoms with E-state index in [-0.39, 0.29) is 11.8 Å². The Morgan fingerprint density at radius 3 is 2.43 bits per heavy atom. The number of aromatic nitrogens is 2. The molecule has 2 aromatic rings. The Hall–Kier alpha value is -2.50. The predicted octanol–water partition coefficient (Wildman–Crippen LogP) is 3.52. The van der Waals surface area contributed by atoms with Crippen LogP contribution in [0.5, 0.6) is 17.2 Å². The molecule has 4 N–H and O–H groups in total. The lowest BCUT2D eigenvalue weighted by molar-refractivity contribution is 0.405. The van der Waals surface area contributed by atoms with Crippen LogP contribution in [-0.4, -0.2) is 17.1 Å². The van der Waals surface area contributed by atoms with E-state index < -0.39 is 0 Å². The van der Waals surface area contributed by atoms with E-state index in [1.54, 1.807) is 7.11 Å². The highest BCUT2D eigenvalue weighted by atomic mass is 16.5. The van der Waals surface area contributed by atoms with Crippen molar-refractivity contribution in [3.8, 4) is 17.2 Å². The highest BCUT2D eigenvalue weighted by Crippen LogP contribution is 2.38. The number of benzene rings is 1. The lowest BCUT2D eigenvalue weighted by atomic mass is 9.95. The first-order chi connectivity index (χ1) is 11.0. The molecule has 2 rings (SSSR count). The number of nitrogens with two attached hydrogens (primary N) is 2. The second-order valence-electron chi connectivity index (χ2n) is 5.44. The van der Waals surface area contributed by atoms with E-state index in [2.05, 4.69) is 30.7 Å². The third kappa shape index (κ3) is 3.64. The van der Waals surface area contributed by atoms with Crippen LogP contribution in [0.15, 0.2) is 18.3 Å². The Kier molecular flexibility index (Phi) is 5.26. The number of hydrogen-bond acceptors (Lipinski definition) is 6. The fraction of sp³-hybridized carbons (Fsp3) is 0.412. The molecule has 1 aromatic carbocycles. The summed E-state index contributed by atoms with van der Waals surface area (Å²) < 4.78 is 11.5. The van der Waals surface area contributed by atoms with E-state index in [0.717, 1.165) is 35.5 Å². The standard InChI is InChI=1S/C17H24N4O2/c1-5-10(3)12-8-13(22-4)11(6-2)7-14(12)23-15-9-20-17(19)21-16(15)18/h7-10H,5-6H2,1-4H3,(H4,18,19,20,21). The molecule has 0 fully saturated rings. The van der Waals surface area contributed by atoms with Crippen molar-refractivity contribution >= 4 is 11.8 Å². The normalized spacial score (nSPS) is 12.0. The van der Waals surface area contributed by atoms with Crippen LogP contribution < -0.4 is 20.9 Å². The van der Waals surface area contributed by atoms with Crippen molar-refractivity contribution < 1.29 is 9.47 Å². The summed E-state index contributed by atoms with van der Waals surface area (Å²) in [7, 11) is 1.68. The first-order valence-corrected chi connectivity index (χ1v) is 7.76. The molecular weight excluding hydrogens is 292 g/mol. The van der Waals surface area contributed by atoms with Crippen molar-refractivity contribution in [2.75, 3.05) is 18.6 Å². The zero-order valence-corrected chi connectivity index (χ0v) is 14.1. The molecule has 0 aliphatic heterocycles. The third-order valence-corrected chi connectivity index (χ3v) is 3.96. The second-order valence-corrected chi connectivity index (χ2v) is 5.44. The van der Waals surface area contributed by atoms with Gasteiger partial charge in [0.25, 0.3) is 0 Å². The molecule has 6 heteroatoms. The summed E-state index contributed by atoms with van der Waals surface area (Å²) in [5.41, 5.74) is 13.5. The molecule has 1 aromatic heterocycles. The minimum atomic E-state index is 0.126. The topological polar surface area (TPSA) is 96.3 Å². The molecule has 0 saturated carbocycles. The molecule has 0 bridgehead atoms. The SMILES string of the molecule is CCc1cc(Oc2cnc(N)nc2N)c(C(C)CC)cc1OC. The molecule has 0 aliphatic carbocycles. The molecule has 0 radical (unpaired) electrons. The van der Waals surface area contributed by atoms with Gasteiger partial charge in [-0.2, -0.15) is 4.98 Å². The van der Waals surface area contributed by atoms with Crippen LogP contribution in [0.1, 0.15) is 44.2 Å². The number of nitrogen functional groups attached to an aromatic ring is 2. The summed E-state index contributed by atoms with van der Waals surface area (Å²) in [4.78, 5) is 7.88. The zero-order valence-electron chi connectivity index (χ0n) is 14.1. The minimum absolute atomic E-state index is 0.126. The van der Waals surface area contributed by atoms with Gasteiger partial charge in [0.05, 0.1) is 13.3 Å². The molecule has 1 heterocycles. The number of ether oxygens (including phenoxy) is 2. The third-order valence-electron chi connectivity index (χ3n) is 3.96. The van der Waals surface area contributed by atoms with Gasteiger partial charge in [0.2, 0.25) is 5.95 Å². The summed E-state index contributed by atoms with van der Waals surface area (Å²) in [6.45, 7) is 6.36. The van der Waals surface area contributed by atoms with E-state index in [1.807, 2.05) is 12.1 Å². The van der Waals surface area contributed by atoms with Crippen molar-refractivity contribution in [3.05, 3.63) is 29.5 Å². The molecular formula is C17H24N4O2. The fourth-order valence-electron chi connectivity index (χ4n) is 2.37. The summed E-state index contributed by atoms with van der Waals surface area (Å²) in [6.07, 6.45) is 3.32. The number of aryl methyl sites for hydroxylation is 1. The smallest absolute Gasteiger partial charge is 0.222 e. The van der Waals surface area contributed by atoms with Gasteiger partial charge in [-0.15, -0.1) is 0 Å². The van der Waals surface area contributed by atoms with Crippen molar-refractivity contribution in [1.82, 2.24) is 9.97 Å². The quantitative estimate of drug-likeness (QED) is 0.846. The molecule has 0 aliphatic rings. The van der Waals surface area contributed by atoms with Crippen molar-refractivity contribution in [2.24, 2.45) is 0 Å². The van der Waals surface area contributed by atoms with Gasteiger partial charge in [0.1, 0.15) is 11.5 Å². The summed E-state index contributed by atoms with van der Waals surface area (Å²) >= 11 is 0. The van der Waals surface area contributed by atoms with E-state index in [1.165, 1.54) is 6.20 Å². The molecule has 6 nitrogen and oxygen atoms in total. The van der Waals surface area contributed by atoms with E-state index in [9.17, 15) is 0 Å². The maximum absolute atomic E-state index is 6.00. The van der Waals surface area contributed by atoms with Crippen LogP contribution >= 0.6 is 0 Å². The predicted molar refractivity (Wildman–Crippen MR) is 92.0 cm³/mol. The highest BCUT2D eigenvalue weighted by Gasteiger charge is 2.17. The maximum Gasteiger partial charge on any atom is 0.222 e. The Morgan fingerprint density at radius 2 is 1.87 bits per heavy atom. The fourth-order valence-corrected chi connectivity index (χ4v) is 2.37. The summed E-state index contributed by atoms with van der Waals surface area (Å²) in [6, 6.07) is 4.03. The van der Waals surface area contributed by atoms with Gasteiger partial charge < -0.3 is 20.9 Å². The van der Waals surface area contributed by atoms with Gasteiger partial charge in [-0.3, -0.25) is 0 Å². The molecule has 0 saturated heterocycles. The molecule has 124 valence electrons. The van der Waals surface area contributed by atoms with Gasteiger partial charge in [-0.1, -0.05) is 20.8 Å². The molecule has 1 unspecified atom stereocenters. The highest BCUT2D eigenvalue weighted by molar-refractivity contribution is 5.53. The number of methoxy groups -OCH3 is 1. The monoisotopic (exact) mass is 316 g/mol. The van der Waals surface area contributed by atoms with E-state index >= 15 is 0 Å². The Bertz CT molecular complexity index is 689. The van der Waals surface area contributed by atoms with Crippen LogP contribution in [0.4, 0.5) is 11.8 Å². The Morgan fingerprint density at radius 1 is 1.13 bits per heavy atom. The van der Waals surface area contributed by atoms with Crippen LogP contribution in [-0.2, 0) is 6.42 Å². The van der Waals surface area contributed by atoms with Crippen molar-refractivity contribution in [2.45, 2.75) is 39.5 Å². The van der Waals surface area contributed by atoms with Crippen LogP contribution in [0.3, 0.4) is 0 Å². The zero-order chi connectivity index (χ0) is 17.0. The van der Waals surface area contributed by atoms with Crippen LogP contribution in [0.25, 0.3) is 0 Å². The van der Waals surface area contributed by atoms with E-state index in [4.69, 9.17) is 20.9 Å². The van der Waals surface area contributed by atoms with Crippen molar-refractivity contribution in [1.29, 1.82) is 0 Å². The molecule has 23 heavy (non-hydrogen) atoms. The number of rotatable bonds is 6. The lowest BCUT2D eigenvalue weighted by Gasteiger charge is -2.19. The van der Waals surface area contributed by atoms with Gasteiger partial charge in [0, 0.05) is 5.56 Å². The summed E-state index contributed by atoms with van der Waals surface area (Å²) in [5.74, 6) is 2.69. The summed E-state index contributed by atoms with van der Waals surface area (Å²) in [5, 5.41) is 0. The number of hydrogen-bond donors (Lipinski definition) is 2. The average Bonchev–Trinajstić information content (AvgIpc) is 2.56. The molecule has 0 spiro atoms. The van der Waals surface area contributed by atoms with Gasteiger partial charge >= 0.3 is 0 Å². The second kappa shape index (κ2) is 7.17. The maximum atomic E-state index is 6.00. The lowest BCUT2D eigenvalue weighted by Crippen LogP contribution is -2.04. The Balaban J connectivity index is 2.50. The van der Waals surface area contributed by atoms with Gasteiger partial charge in [-0.05, 0) is 36.5 Å².